The molecular formula is C26H34N3O4P. The van der Waals surface area contributed by atoms with Crippen LogP contribution in [0.1, 0.15) is 45.9 Å². The molecular weight excluding hydrogens is 449 g/mol. The smallest absolute Gasteiger partial charge is 0.271 e. The van der Waals surface area contributed by atoms with Gasteiger partial charge in [0.05, 0.1) is 10.6 Å². The SMILES string of the molecule is CCN(CC)c1cccc(O[P@@](=Nc2cc([N+](=O)[O-])ccc2C)(c2ccc(C)o2)C(C)(C)C)c1. The van der Waals surface area contributed by atoms with E-state index in [1.165, 1.54) is 12.1 Å². The van der Waals surface area contributed by atoms with Crippen LogP contribution in [0.2, 0.25) is 0 Å². The topological polar surface area (TPSA) is 81.1 Å². The Morgan fingerprint density at radius 2 is 1.76 bits per heavy atom. The van der Waals surface area contributed by atoms with Crippen molar-refractivity contribution in [2.75, 3.05) is 18.0 Å². The Bertz CT molecular complexity index is 1220. The second-order valence-electron chi connectivity index (χ2n) is 9.22. The van der Waals surface area contributed by atoms with E-state index in [2.05, 4.69) is 45.6 Å². The van der Waals surface area contributed by atoms with E-state index in [0.717, 1.165) is 30.1 Å². The van der Waals surface area contributed by atoms with Crippen molar-refractivity contribution < 1.29 is 13.9 Å². The van der Waals surface area contributed by atoms with Crippen molar-refractivity contribution in [3.8, 4) is 5.75 Å². The molecule has 0 radical (unpaired) electrons. The lowest BCUT2D eigenvalue weighted by Gasteiger charge is -2.35. The molecule has 0 unspecified atom stereocenters. The van der Waals surface area contributed by atoms with Crippen LogP contribution in [0, 0.1) is 24.0 Å². The average molecular weight is 484 g/mol. The summed E-state index contributed by atoms with van der Waals surface area (Å²) in [6, 6.07) is 16.6. The van der Waals surface area contributed by atoms with Gasteiger partial charge in [-0.3, -0.25) is 10.1 Å². The molecule has 0 aliphatic heterocycles. The van der Waals surface area contributed by atoms with Gasteiger partial charge >= 0.3 is 0 Å². The number of nitrogens with zero attached hydrogens (tertiary/aromatic N) is 3. The molecule has 1 atom stereocenters. The zero-order chi connectivity index (χ0) is 25.1. The minimum absolute atomic E-state index is 0.00415. The summed E-state index contributed by atoms with van der Waals surface area (Å²) in [6.07, 6.45) is 0. The van der Waals surface area contributed by atoms with Gasteiger partial charge in [-0.15, -0.1) is 0 Å². The number of hydrogen-bond donors (Lipinski definition) is 0. The maximum Gasteiger partial charge on any atom is 0.271 e. The van der Waals surface area contributed by atoms with Crippen LogP contribution in [0.4, 0.5) is 17.1 Å². The monoisotopic (exact) mass is 483 g/mol. The molecule has 0 saturated heterocycles. The third-order valence-electron chi connectivity index (χ3n) is 5.77. The largest absolute Gasteiger partial charge is 0.457 e. The van der Waals surface area contributed by atoms with Crippen LogP contribution in [-0.2, 0) is 0 Å². The van der Waals surface area contributed by atoms with Gasteiger partial charge in [0.2, 0.25) is 7.28 Å². The molecule has 0 spiro atoms. The van der Waals surface area contributed by atoms with Gasteiger partial charge in [0, 0.05) is 42.1 Å². The molecule has 7 nitrogen and oxygen atoms in total. The number of aryl methyl sites for hydroxylation is 2. The summed E-state index contributed by atoms with van der Waals surface area (Å²) in [5.41, 5.74) is 3.08. The van der Waals surface area contributed by atoms with Crippen LogP contribution in [-0.4, -0.2) is 23.2 Å². The highest BCUT2D eigenvalue weighted by atomic mass is 31.2. The Labute approximate surface area is 202 Å². The van der Waals surface area contributed by atoms with E-state index in [1.807, 2.05) is 44.2 Å². The molecule has 0 aliphatic rings. The molecule has 0 N–H and O–H groups in total. The highest BCUT2D eigenvalue weighted by Crippen LogP contribution is 2.62. The molecule has 34 heavy (non-hydrogen) atoms. The predicted molar refractivity (Wildman–Crippen MR) is 140 cm³/mol. The van der Waals surface area contributed by atoms with Crippen LogP contribution in [0.25, 0.3) is 0 Å². The van der Waals surface area contributed by atoms with Crippen molar-refractivity contribution in [2.24, 2.45) is 4.74 Å². The quantitative estimate of drug-likeness (QED) is 0.187. The number of nitro groups is 1. The first kappa shape index (κ1) is 25.6. The van der Waals surface area contributed by atoms with Gasteiger partial charge in [-0.25, -0.2) is 4.74 Å². The van der Waals surface area contributed by atoms with E-state index in [4.69, 9.17) is 13.7 Å². The molecule has 3 rings (SSSR count). The second kappa shape index (κ2) is 10.1. The summed E-state index contributed by atoms with van der Waals surface area (Å²) in [7, 11) is -2.88. The zero-order valence-corrected chi connectivity index (χ0v) is 21.9. The van der Waals surface area contributed by atoms with E-state index in [9.17, 15) is 10.1 Å². The number of nitro benzene ring substituents is 1. The lowest BCUT2D eigenvalue weighted by atomic mass is 10.2. The van der Waals surface area contributed by atoms with E-state index in [1.54, 1.807) is 6.07 Å². The van der Waals surface area contributed by atoms with Crippen molar-refractivity contribution >= 4 is 29.8 Å². The Kier molecular flexibility index (Phi) is 7.57. The Morgan fingerprint density at radius 3 is 2.32 bits per heavy atom. The third kappa shape index (κ3) is 5.20. The molecule has 3 aromatic rings. The minimum Gasteiger partial charge on any atom is -0.457 e. The number of hydrogen-bond acceptors (Lipinski definition) is 6. The summed E-state index contributed by atoms with van der Waals surface area (Å²) < 4.78 is 18.2. The fraction of sp³-hybridized carbons (Fsp3) is 0.385. The minimum atomic E-state index is -2.88. The number of anilines is 1. The molecule has 2 aromatic carbocycles. The normalized spacial score (nSPS) is 13.3. The lowest BCUT2D eigenvalue weighted by Crippen LogP contribution is -2.26. The van der Waals surface area contributed by atoms with Crippen molar-refractivity contribution in [3.63, 3.8) is 0 Å². The first-order chi connectivity index (χ1) is 16.0. The van der Waals surface area contributed by atoms with Crippen molar-refractivity contribution in [3.05, 3.63) is 76.0 Å². The number of rotatable bonds is 8. The average Bonchev–Trinajstić information content (AvgIpc) is 3.21. The molecule has 0 saturated carbocycles. The fourth-order valence-corrected chi connectivity index (χ4v) is 6.71. The van der Waals surface area contributed by atoms with Crippen molar-refractivity contribution in [1.29, 1.82) is 0 Å². The first-order valence-electron chi connectivity index (χ1n) is 11.5. The molecule has 0 bridgehead atoms. The standard InChI is InChI=1S/C26H34N3O4P/c1-8-28(9-2)21-11-10-12-23(17-21)33-34(26(5,6)7,25-16-14-20(4)32-25)27-24-18-22(29(30)31)15-13-19(24)3/h10-18H,8-9H2,1-7H3/t34-/m0/s1. The van der Waals surface area contributed by atoms with Gasteiger partial charge in [0.15, 0.2) is 5.50 Å². The fourth-order valence-electron chi connectivity index (χ4n) is 3.77. The maximum atomic E-state index is 11.5. The predicted octanol–water partition coefficient (Wildman–Crippen LogP) is 7.60. The number of benzene rings is 2. The van der Waals surface area contributed by atoms with Crippen LogP contribution < -0.4 is 14.9 Å². The Morgan fingerprint density at radius 1 is 1.06 bits per heavy atom. The summed E-state index contributed by atoms with van der Waals surface area (Å²) in [5.74, 6) is 1.45. The van der Waals surface area contributed by atoms with E-state index >= 15 is 0 Å². The van der Waals surface area contributed by atoms with Crippen molar-refractivity contribution in [1.82, 2.24) is 0 Å². The zero-order valence-electron chi connectivity index (χ0n) is 21.0. The van der Waals surface area contributed by atoms with Crippen molar-refractivity contribution in [2.45, 2.75) is 53.6 Å². The summed E-state index contributed by atoms with van der Waals surface area (Å²) in [4.78, 5) is 13.3. The number of furan rings is 1. The summed E-state index contributed by atoms with van der Waals surface area (Å²) in [6.45, 7) is 16.0. The van der Waals surface area contributed by atoms with E-state index in [-0.39, 0.29) is 5.69 Å². The van der Waals surface area contributed by atoms with Gasteiger partial charge < -0.3 is 13.8 Å². The van der Waals surface area contributed by atoms with Gasteiger partial charge in [0.25, 0.3) is 5.69 Å². The van der Waals surface area contributed by atoms with Crippen LogP contribution in [0.5, 0.6) is 5.75 Å². The van der Waals surface area contributed by atoms with Gasteiger partial charge in [-0.05, 0) is 57.5 Å². The highest BCUT2D eigenvalue weighted by Gasteiger charge is 2.42. The molecule has 0 fully saturated rings. The molecule has 1 aromatic heterocycles. The number of non-ortho nitro benzene ring substituents is 1. The summed E-state index contributed by atoms with van der Waals surface area (Å²) >= 11 is 0. The van der Waals surface area contributed by atoms with Gasteiger partial charge in [0.1, 0.15) is 11.5 Å². The Hall–Kier alpha value is -3.05. The molecule has 0 amide bonds. The van der Waals surface area contributed by atoms with Crippen LogP contribution in [0.15, 0.2) is 63.8 Å². The Balaban J connectivity index is 2.30. The van der Waals surface area contributed by atoms with Gasteiger partial charge in [-0.2, -0.15) is 0 Å². The molecule has 8 heteroatoms. The van der Waals surface area contributed by atoms with E-state index < -0.39 is 17.4 Å². The lowest BCUT2D eigenvalue weighted by molar-refractivity contribution is -0.384. The summed E-state index contributed by atoms with van der Waals surface area (Å²) in [5, 5.41) is 11.0. The second-order valence-corrected chi connectivity index (χ2v) is 12.5. The first-order valence-corrected chi connectivity index (χ1v) is 13.2. The highest BCUT2D eigenvalue weighted by molar-refractivity contribution is 7.70. The maximum absolute atomic E-state index is 11.5. The third-order valence-corrected chi connectivity index (χ3v) is 9.40. The molecule has 182 valence electrons. The van der Waals surface area contributed by atoms with E-state index in [0.29, 0.717) is 16.9 Å². The van der Waals surface area contributed by atoms with Crippen LogP contribution in [0.3, 0.4) is 0 Å². The van der Waals surface area contributed by atoms with Gasteiger partial charge in [-0.1, -0.05) is 32.9 Å². The molecule has 1 heterocycles. The molecule has 0 aliphatic carbocycles. The van der Waals surface area contributed by atoms with Crippen LogP contribution >= 0.6 is 7.28 Å².